The van der Waals surface area contributed by atoms with Crippen LogP contribution in [0.1, 0.15) is 29.6 Å². The van der Waals surface area contributed by atoms with E-state index in [1.165, 1.54) is 0 Å². The third kappa shape index (κ3) is 5.78. The SMILES string of the molecule is CS(=O)(=O)Nc1cccc(-c2ccc(C(=O)NOC3CCCCO3)cc2)c1. The van der Waals surface area contributed by atoms with Gasteiger partial charge in [-0.15, -0.1) is 0 Å². The van der Waals surface area contributed by atoms with E-state index >= 15 is 0 Å². The molecule has 0 bridgehead atoms. The number of sulfonamides is 1. The van der Waals surface area contributed by atoms with Gasteiger partial charge in [-0.25, -0.2) is 18.7 Å². The maximum Gasteiger partial charge on any atom is 0.274 e. The molecule has 0 aromatic heterocycles. The fourth-order valence-electron chi connectivity index (χ4n) is 2.77. The number of anilines is 1. The van der Waals surface area contributed by atoms with Crippen molar-refractivity contribution in [1.82, 2.24) is 5.48 Å². The molecule has 1 aliphatic heterocycles. The Balaban J connectivity index is 1.64. The number of rotatable bonds is 6. The molecule has 144 valence electrons. The summed E-state index contributed by atoms with van der Waals surface area (Å²) in [5, 5.41) is 0. The lowest BCUT2D eigenvalue weighted by molar-refractivity contribution is -0.186. The largest absolute Gasteiger partial charge is 0.350 e. The van der Waals surface area contributed by atoms with Crippen molar-refractivity contribution in [2.75, 3.05) is 17.6 Å². The van der Waals surface area contributed by atoms with Crippen LogP contribution in [0, 0.1) is 0 Å². The minimum Gasteiger partial charge on any atom is -0.350 e. The number of carbonyl (C=O) groups excluding carboxylic acids is 1. The first-order valence-electron chi connectivity index (χ1n) is 8.67. The second-order valence-corrected chi connectivity index (χ2v) is 8.13. The summed E-state index contributed by atoms with van der Waals surface area (Å²) in [4.78, 5) is 17.5. The zero-order valence-electron chi connectivity index (χ0n) is 15.0. The number of nitrogens with one attached hydrogen (secondary N) is 2. The Morgan fingerprint density at radius 3 is 2.56 bits per heavy atom. The molecule has 1 saturated heterocycles. The third-order valence-electron chi connectivity index (χ3n) is 4.07. The Kier molecular flexibility index (Phi) is 6.10. The van der Waals surface area contributed by atoms with E-state index in [2.05, 4.69) is 10.2 Å². The van der Waals surface area contributed by atoms with Crippen LogP contribution in [0.2, 0.25) is 0 Å². The summed E-state index contributed by atoms with van der Waals surface area (Å²) in [7, 11) is -3.34. The monoisotopic (exact) mass is 390 g/mol. The quantitative estimate of drug-likeness (QED) is 0.740. The van der Waals surface area contributed by atoms with E-state index < -0.39 is 16.3 Å². The summed E-state index contributed by atoms with van der Waals surface area (Å²) in [5.41, 5.74) is 5.06. The van der Waals surface area contributed by atoms with Crippen LogP contribution in [0.5, 0.6) is 0 Å². The first kappa shape index (κ1) is 19.3. The van der Waals surface area contributed by atoms with Crippen molar-refractivity contribution < 1.29 is 22.8 Å². The minimum atomic E-state index is -3.34. The number of amides is 1. The molecule has 2 aromatic rings. The van der Waals surface area contributed by atoms with Crippen molar-refractivity contribution >= 4 is 21.6 Å². The molecule has 2 N–H and O–H groups in total. The van der Waals surface area contributed by atoms with E-state index in [0.717, 1.165) is 36.6 Å². The molecule has 0 radical (unpaired) electrons. The maximum atomic E-state index is 12.2. The molecular formula is C19H22N2O5S. The molecule has 2 aromatic carbocycles. The highest BCUT2D eigenvalue weighted by Crippen LogP contribution is 2.23. The van der Waals surface area contributed by atoms with Gasteiger partial charge >= 0.3 is 0 Å². The van der Waals surface area contributed by atoms with Gasteiger partial charge in [0.25, 0.3) is 5.91 Å². The molecule has 1 fully saturated rings. The number of ether oxygens (including phenoxy) is 1. The fourth-order valence-corrected chi connectivity index (χ4v) is 3.33. The van der Waals surface area contributed by atoms with Gasteiger partial charge in [-0.2, -0.15) is 0 Å². The Labute approximate surface area is 158 Å². The standard InChI is InChI=1S/C19H22N2O5S/c1-27(23,24)21-17-6-4-5-16(13-17)14-8-10-15(11-9-14)19(22)20-26-18-7-2-3-12-25-18/h4-6,8-11,13,18,21H,2-3,7,12H2,1H3,(H,20,22). The number of hydrogen-bond acceptors (Lipinski definition) is 5. The Hall–Kier alpha value is -2.42. The fraction of sp³-hybridized carbons (Fsp3) is 0.316. The lowest BCUT2D eigenvalue weighted by Crippen LogP contribution is -2.33. The molecule has 1 atom stereocenters. The second-order valence-electron chi connectivity index (χ2n) is 6.38. The summed E-state index contributed by atoms with van der Waals surface area (Å²) < 4.78 is 30.6. The summed E-state index contributed by atoms with van der Waals surface area (Å²) >= 11 is 0. The molecule has 1 unspecified atom stereocenters. The molecular weight excluding hydrogens is 368 g/mol. The molecule has 0 aliphatic carbocycles. The van der Waals surface area contributed by atoms with E-state index in [4.69, 9.17) is 9.57 Å². The van der Waals surface area contributed by atoms with Gasteiger partial charge in [0.15, 0.2) is 6.29 Å². The van der Waals surface area contributed by atoms with Gasteiger partial charge in [0.05, 0.1) is 6.26 Å². The summed E-state index contributed by atoms with van der Waals surface area (Å²) in [6, 6.07) is 14.0. The Bertz CT molecular complexity index is 891. The van der Waals surface area contributed by atoms with Crippen LogP contribution in [0.15, 0.2) is 48.5 Å². The average molecular weight is 390 g/mol. The first-order chi connectivity index (χ1) is 12.9. The molecule has 1 aliphatic rings. The van der Waals surface area contributed by atoms with Crippen LogP contribution >= 0.6 is 0 Å². The molecule has 0 spiro atoms. The van der Waals surface area contributed by atoms with E-state index in [1.807, 2.05) is 6.07 Å². The predicted octanol–water partition coefficient (Wildman–Crippen LogP) is 2.91. The number of hydroxylamine groups is 1. The minimum absolute atomic E-state index is 0.344. The van der Waals surface area contributed by atoms with Gasteiger partial charge in [0.1, 0.15) is 0 Å². The van der Waals surface area contributed by atoms with Gasteiger partial charge in [-0.3, -0.25) is 9.52 Å². The summed E-state index contributed by atoms with van der Waals surface area (Å²) in [6.45, 7) is 0.641. The zero-order chi connectivity index (χ0) is 19.3. The second kappa shape index (κ2) is 8.51. The zero-order valence-corrected chi connectivity index (χ0v) is 15.8. The van der Waals surface area contributed by atoms with Crippen molar-refractivity contribution in [3.8, 4) is 11.1 Å². The van der Waals surface area contributed by atoms with Crippen LogP contribution in [0.25, 0.3) is 11.1 Å². The molecule has 1 heterocycles. The topological polar surface area (TPSA) is 93.7 Å². The molecule has 3 rings (SSSR count). The number of benzene rings is 2. The third-order valence-corrected chi connectivity index (χ3v) is 4.67. The molecule has 8 heteroatoms. The van der Waals surface area contributed by atoms with Gasteiger partial charge in [0.2, 0.25) is 10.0 Å². The normalized spacial score (nSPS) is 17.3. The summed E-state index contributed by atoms with van der Waals surface area (Å²) in [5.74, 6) is -0.344. The van der Waals surface area contributed by atoms with E-state index in [9.17, 15) is 13.2 Å². The highest BCUT2D eigenvalue weighted by Gasteiger charge is 2.16. The highest BCUT2D eigenvalue weighted by molar-refractivity contribution is 7.92. The lowest BCUT2D eigenvalue weighted by atomic mass is 10.0. The van der Waals surface area contributed by atoms with E-state index in [1.54, 1.807) is 42.5 Å². The average Bonchev–Trinajstić information content (AvgIpc) is 2.66. The van der Waals surface area contributed by atoms with Gasteiger partial charge in [0, 0.05) is 24.3 Å². The van der Waals surface area contributed by atoms with Crippen LogP contribution in [0.4, 0.5) is 5.69 Å². The van der Waals surface area contributed by atoms with Crippen LogP contribution in [-0.2, 0) is 19.6 Å². The Morgan fingerprint density at radius 2 is 1.89 bits per heavy atom. The van der Waals surface area contributed by atoms with Gasteiger partial charge < -0.3 is 4.74 Å². The first-order valence-corrected chi connectivity index (χ1v) is 10.6. The van der Waals surface area contributed by atoms with Crippen molar-refractivity contribution in [2.45, 2.75) is 25.6 Å². The van der Waals surface area contributed by atoms with Crippen LogP contribution in [-0.4, -0.2) is 33.5 Å². The van der Waals surface area contributed by atoms with Gasteiger partial charge in [-0.05, 0) is 48.2 Å². The highest BCUT2D eigenvalue weighted by atomic mass is 32.2. The molecule has 7 nitrogen and oxygen atoms in total. The van der Waals surface area contributed by atoms with Crippen molar-refractivity contribution in [1.29, 1.82) is 0 Å². The predicted molar refractivity (Wildman–Crippen MR) is 102 cm³/mol. The Morgan fingerprint density at radius 1 is 1.11 bits per heavy atom. The molecule has 0 saturated carbocycles. The van der Waals surface area contributed by atoms with Crippen molar-refractivity contribution in [3.63, 3.8) is 0 Å². The van der Waals surface area contributed by atoms with Gasteiger partial charge in [-0.1, -0.05) is 24.3 Å². The summed E-state index contributed by atoms with van der Waals surface area (Å²) in [6.07, 6.45) is 3.50. The van der Waals surface area contributed by atoms with E-state index in [-0.39, 0.29) is 5.91 Å². The lowest BCUT2D eigenvalue weighted by Gasteiger charge is -2.22. The van der Waals surface area contributed by atoms with Crippen molar-refractivity contribution in [2.24, 2.45) is 0 Å². The number of carbonyl (C=O) groups is 1. The molecule has 27 heavy (non-hydrogen) atoms. The maximum absolute atomic E-state index is 12.2. The number of hydrogen-bond donors (Lipinski definition) is 2. The smallest absolute Gasteiger partial charge is 0.274 e. The molecule has 1 amide bonds. The van der Waals surface area contributed by atoms with Crippen LogP contribution < -0.4 is 10.2 Å². The van der Waals surface area contributed by atoms with Crippen LogP contribution in [0.3, 0.4) is 0 Å². The van der Waals surface area contributed by atoms with Crippen molar-refractivity contribution in [3.05, 3.63) is 54.1 Å². The van der Waals surface area contributed by atoms with E-state index in [0.29, 0.717) is 17.9 Å².